The molecule has 0 atom stereocenters. The van der Waals surface area contributed by atoms with Crippen LogP contribution >= 0.6 is 0 Å². The van der Waals surface area contributed by atoms with Crippen LogP contribution < -0.4 is 15.8 Å². The first-order valence-electron chi connectivity index (χ1n) is 9.93. The number of hydrogen-bond donors (Lipinski definition) is 2. The maximum atomic E-state index is 12.5. The summed E-state index contributed by atoms with van der Waals surface area (Å²) < 4.78 is 7.48. The highest BCUT2D eigenvalue weighted by Gasteiger charge is 2.07. The molecule has 0 fully saturated rings. The number of primary amides is 1. The second kappa shape index (κ2) is 9.57. The Morgan fingerprint density at radius 3 is 2.19 bits per heavy atom. The highest BCUT2D eigenvalue weighted by atomic mass is 16.5. The minimum absolute atomic E-state index is 0.177. The fraction of sp³-hybridized carbons (Fsp3) is 0.0833. The Kier molecular flexibility index (Phi) is 6.22. The van der Waals surface area contributed by atoms with E-state index in [0.29, 0.717) is 35.7 Å². The molecular weight excluding hydrogens is 406 g/mol. The zero-order valence-electron chi connectivity index (χ0n) is 17.1. The molecule has 3 N–H and O–H groups in total. The highest BCUT2D eigenvalue weighted by molar-refractivity contribution is 5.94. The topological polar surface area (TPSA) is 112 Å². The Balaban J connectivity index is 1.32. The van der Waals surface area contributed by atoms with Gasteiger partial charge in [0.05, 0.1) is 6.54 Å². The smallest absolute Gasteiger partial charge is 0.251 e. The van der Waals surface area contributed by atoms with Crippen LogP contribution in [0.2, 0.25) is 0 Å². The van der Waals surface area contributed by atoms with Crippen molar-refractivity contribution in [1.82, 2.24) is 20.1 Å². The highest BCUT2D eigenvalue weighted by Crippen LogP contribution is 2.22. The van der Waals surface area contributed by atoms with Gasteiger partial charge in [0.15, 0.2) is 0 Å². The average molecular weight is 427 g/mol. The van der Waals surface area contributed by atoms with Crippen LogP contribution in [0, 0.1) is 0 Å². The Bertz CT molecular complexity index is 1200. The molecule has 2 amide bonds. The lowest BCUT2D eigenvalue weighted by Crippen LogP contribution is -2.22. The van der Waals surface area contributed by atoms with Crippen molar-refractivity contribution in [3.8, 4) is 11.5 Å². The lowest BCUT2D eigenvalue weighted by Gasteiger charge is -2.09. The van der Waals surface area contributed by atoms with Crippen molar-refractivity contribution in [2.24, 2.45) is 5.73 Å². The molecule has 0 unspecified atom stereocenters. The fourth-order valence-electron chi connectivity index (χ4n) is 3.12. The number of rotatable bonds is 8. The SMILES string of the molecule is NC(=O)c1ccc(Oc2ccc(C(=O)NCc3cccc(Cn4cncn4)c3)cc2)cc1. The molecular formula is C24H21N5O3. The first kappa shape index (κ1) is 20.8. The summed E-state index contributed by atoms with van der Waals surface area (Å²) in [7, 11) is 0. The number of nitrogens with zero attached hydrogens (tertiary/aromatic N) is 3. The minimum atomic E-state index is -0.492. The molecule has 4 rings (SSSR count). The molecule has 1 aromatic heterocycles. The standard InChI is InChI=1S/C24H21N5O3/c25-23(30)19-4-8-21(9-5-19)32-22-10-6-20(7-11-22)24(31)27-13-17-2-1-3-18(12-17)14-29-16-26-15-28-29/h1-12,15-16H,13-14H2,(H2,25,30)(H,27,31). The predicted octanol–water partition coefficient (Wildman–Crippen LogP) is 3.15. The van der Waals surface area contributed by atoms with Gasteiger partial charge in [0.2, 0.25) is 5.91 Å². The predicted molar refractivity (Wildman–Crippen MR) is 118 cm³/mol. The summed E-state index contributed by atoms with van der Waals surface area (Å²) in [5.41, 5.74) is 8.24. The zero-order chi connectivity index (χ0) is 22.3. The second-order valence-corrected chi connectivity index (χ2v) is 7.11. The first-order valence-corrected chi connectivity index (χ1v) is 9.93. The van der Waals surface area contributed by atoms with Gasteiger partial charge < -0.3 is 15.8 Å². The van der Waals surface area contributed by atoms with E-state index in [1.165, 1.54) is 6.33 Å². The molecule has 0 spiro atoms. The van der Waals surface area contributed by atoms with Crippen molar-refractivity contribution in [2.75, 3.05) is 0 Å². The lowest BCUT2D eigenvalue weighted by atomic mass is 10.1. The Morgan fingerprint density at radius 1 is 0.906 bits per heavy atom. The van der Waals surface area contributed by atoms with Crippen molar-refractivity contribution in [2.45, 2.75) is 13.1 Å². The number of amides is 2. The summed E-state index contributed by atoms with van der Waals surface area (Å²) in [6, 6.07) is 21.3. The Hall–Kier alpha value is -4.46. The summed E-state index contributed by atoms with van der Waals surface area (Å²) in [5.74, 6) is 0.477. The summed E-state index contributed by atoms with van der Waals surface area (Å²) in [4.78, 5) is 27.6. The van der Waals surface area contributed by atoms with E-state index < -0.39 is 5.91 Å². The van der Waals surface area contributed by atoms with E-state index in [4.69, 9.17) is 10.5 Å². The van der Waals surface area contributed by atoms with Crippen molar-refractivity contribution >= 4 is 11.8 Å². The number of hydrogen-bond acceptors (Lipinski definition) is 5. The molecule has 4 aromatic rings. The van der Waals surface area contributed by atoms with Crippen LogP contribution in [0.1, 0.15) is 31.8 Å². The second-order valence-electron chi connectivity index (χ2n) is 7.11. The minimum Gasteiger partial charge on any atom is -0.457 e. The van der Waals surface area contributed by atoms with Crippen molar-refractivity contribution in [3.05, 3.63) is 108 Å². The van der Waals surface area contributed by atoms with Gasteiger partial charge in [0, 0.05) is 17.7 Å². The van der Waals surface area contributed by atoms with Gasteiger partial charge in [0.25, 0.3) is 5.91 Å². The summed E-state index contributed by atoms with van der Waals surface area (Å²) in [6.07, 6.45) is 3.16. The van der Waals surface area contributed by atoms with Gasteiger partial charge in [-0.05, 0) is 59.7 Å². The van der Waals surface area contributed by atoms with Crippen LogP contribution in [0.3, 0.4) is 0 Å². The van der Waals surface area contributed by atoms with E-state index in [9.17, 15) is 9.59 Å². The Labute approximate surface area is 184 Å². The van der Waals surface area contributed by atoms with E-state index in [1.54, 1.807) is 59.5 Å². The number of nitrogens with two attached hydrogens (primary N) is 1. The average Bonchev–Trinajstić information content (AvgIpc) is 3.32. The molecule has 8 heteroatoms. The van der Waals surface area contributed by atoms with Crippen LogP contribution in [0.5, 0.6) is 11.5 Å². The van der Waals surface area contributed by atoms with Gasteiger partial charge in [0.1, 0.15) is 24.2 Å². The van der Waals surface area contributed by atoms with E-state index in [1.807, 2.05) is 24.3 Å². The molecule has 32 heavy (non-hydrogen) atoms. The van der Waals surface area contributed by atoms with Crippen LogP contribution in [-0.4, -0.2) is 26.6 Å². The van der Waals surface area contributed by atoms with Gasteiger partial charge in [-0.2, -0.15) is 5.10 Å². The largest absolute Gasteiger partial charge is 0.457 e. The molecule has 0 saturated carbocycles. The molecule has 0 aliphatic carbocycles. The summed E-state index contributed by atoms with van der Waals surface area (Å²) >= 11 is 0. The number of ether oxygens (including phenoxy) is 1. The van der Waals surface area contributed by atoms with E-state index in [2.05, 4.69) is 15.4 Å². The van der Waals surface area contributed by atoms with Crippen LogP contribution in [0.25, 0.3) is 0 Å². The van der Waals surface area contributed by atoms with Crippen molar-refractivity contribution in [3.63, 3.8) is 0 Å². The third-order valence-corrected chi connectivity index (χ3v) is 4.75. The zero-order valence-corrected chi connectivity index (χ0v) is 17.1. The van der Waals surface area contributed by atoms with Gasteiger partial charge in [-0.15, -0.1) is 0 Å². The molecule has 0 aliphatic rings. The van der Waals surface area contributed by atoms with Gasteiger partial charge in [-0.1, -0.05) is 24.3 Å². The van der Waals surface area contributed by atoms with E-state index in [0.717, 1.165) is 11.1 Å². The van der Waals surface area contributed by atoms with Crippen LogP contribution in [0.4, 0.5) is 0 Å². The number of nitrogens with one attached hydrogen (secondary N) is 1. The number of carbonyl (C=O) groups is 2. The molecule has 0 saturated heterocycles. The fourth-order valence-corrected chi connectivity index (χ4v) is 3.12. The molecule has 3 aromatic carbocycles. The summed E-state index contributed by atoms with van der Waals surface area (Å²) in [5, 5.41) is 7.04. The molecule has 0 bridgehead atoms. The number of benzene rings is 3. The molecule has 1 heterocycles. The monoisotopic (exact) mass is 427 g/mol. The first-order chi connectivity index (χ1) is 15.6. The maximum Gasteiger partial charge on any atom is 0.251 e. The van der Waals surface area contributed by atoms with E-state index in [-0.39, 0.29) is 5.91 Å². The molecule has 160 valence electrons. The Morgan fingerprint density at radius 2 is 1.56 bits per heavy atom. The normalized spacial score (nSPS) is 10.5. The summed E-state index contributed by atoms with van der Waals surface area (Å²) in [6.45, 7) is 1.03. The van der Waals surface area contributed by atoms with Gasteiger partial charge in [-0.3, -0.25) is 9.59 Å². The van der Waals surface area contributed by atoms with Crippen LogP contribution in [-0.2, 0) is 13.1 Å². The quantitative estimate of drug-likeness (QED) is 0.449. The van der Waals surface area contributed by atoms with Crippen molar-refractivity contribution < 1.29 is 14.3 Å². The lowest BCUT2D eigenvalue weighted by molar-refractivity contribution is 0.0949. The molecule has 0 aliphatic heterocycles. The molecule has 8 nitrogen and oxygen atoms in total. The maximum absolute atomic E-state index is 12.5. The number of carbonyl (C=O) groups excluding carboxylic acids is 2. The van der Waals surface area contributed by atoms with Crippen LogP contribution in [0.15, 0.2) is 85.5 Å². The molecule has 0 radical (unpaired) electrons. The van der Waals surface area contributed by atoms with E-state index >= 15 is 0 Å². The third kappa shape index (κ3) is 5.37. The van der Waals surface area contributed by atoms with Gasteiger partial charge >= 0.3 is 0 Å². The third-order valence-electron chi connectivity index (χ3n) is 4.75. The van der Waals surface area contributed by atoms with Gasteiger partial charge in [-0.25, -0.2) is 9.67 Å². The van der Waals surface area contributed by atoms with Crippen molar-refractivity contribution in [1.29, 1.82) is 0 Å². The number of aromatic nitrogens is 3.